The van der Waals surface area contributed by atoms with Gasteiger partial charge in [-0.3, -0.25) is 0 Å². The number of benzene rings is 2. The van der Waals surface area contributed by atoms with Gasteiger partial charge in [-0.25, -0.2) is 0 Å². The highest BCUT2D eigenvalue weighted by atomic mass is 79.9. The van der Waals surface area contributed by atoms with E-state index in [1.165, 1.54) is 16.8 Å². The first kappa shape index (κ1) is 14.6. The lowest BCUT2D eigenvalue weighted by molar-refractivity contribution is 0.865. The van der Waals surface area contributed by atoms with E-state index in [0.29, 0.717) is 5.92 Å². The number of rotatable bonds is 4. The first-order valence-electron chi connectivity index (χ1n) is 6.34. The van der Waals surface area contributed by atoms with Crippen molar-refractivity contribution >= 4 is 37.5 Å². The molecule has 0 amide bonds. The molecule has 0 saturated carbocycles. The van der Waals surface area contributed by atoms with E-state index in [4.69, 9.17) is 0 Å². The van der Waals surface area contributed by atoms with Gasteiger partial charge in [0.2, 0.25) is 0 Å². The molecule has 0 heterocycles. The summed E-state index contributed by atoms with van der Waals surface area (Å²) in [5.41, 5.74) is 3.84. The van der Waals surface area contributed by atoms with E-state index in [-0.39, 0.29) is 0 Å². The largest absolute Gasteiger partial charge is 0.381 e. The Morgan fingerprint density at radius 1 is 1.00 bits per heavy atom. The maximum Gasteiger partial charge on any atom is 0.0401 e. The lowest BCUT2D eigenvalue weighted by atomic mass is 10.0. The summed E-state index contributed by atoms with van der Waals surface area (Å²) in [5, 5.41) is 3.52. The zero-order valence-corrected chi connectivity index (χ0v) is 14.3. The zero-order chi connectivity index (χ0) is 13.8. The lowest BCUT2D eigenvalue weighted by Crippen LogP contribution is -2.03. The van der Waals surface area contributed by atoms with Gasteiger partial charge in [0.25, 0.3) is 0 Å². The highest BCUT2D eigenvalue weighted by Gasteiger charge is 2.05. The number of anilines is 1. The van der Waals surface area contributed by atoms with Gasteiger partial charge in [0, 0.05) is 21.2 Å². The summed E-state index contributed by atoms with van der Waals surface area (Å²) < 4.78 is 2.17. The molecule has 0 spiro atoms. The van der Waals surface area contributed by atoms with E-state index >= 15 is 0 Å². The minimum atomic E-state index is 0.528. The zero-order valence-electron chi connectivity index (χ0n) is 11.1. The first-order chi connectivity index (χ1) is 9.08. The second kappa shape index (κ2) is 6.58. The standard InChI is InChI=1S/C16H17Br2N/c1-11(2)13-5-3-4-6-16(13)19-10-12-7-8-14(17)15(18)9-12/h3-9,11,19H,10H2,1-2H3. The predicted molar refractivity (Wildman–Crippen MR) is 89.7 cm³/mol. The summed E-state index contributed by atoms with van der Waals surface area (Å²) in [6.45, 7) is 5.27. The average Bonchev–Trinajstić information content (AvgIpc) is 2.40. The number of para-hydroxylation sites is 1. The van der Waals surface area contributed by atoms with Crippen LogP contribution in [-0.2, 0) is 6.54 Å². The fraction of sp³-hybridized carbons (Fsp3) is 0.250. The molecule has 19 heavy (non-hydrogen) atoms. The van der Waals surface area contributed by atoms with Crippen LogP contribution in [0.2, 0.25) is 0 Å². The Hall–Kier alpha value is -0.800. The molecule has 2 aromatic rings. The van der Waals surface area contributed by atoms with E-state index in [0.717, 1.165) is 15.5 Å². The van der Waals surface area contributed by atoms with E-state index in [2.05, 4.69) is 93.5 Å². The summed E-state index contributed by atoms with van der Waals surface area (Å²) in [5.74, 6) is 0.528. The van der Waals surface area contributed by atoms with Gasteiger partial charge in [-0.2, -0.15) is 0 Å². The number of nitrogens with one attached hydrogen (secondary N) is 1. The molecule has 2 aromatic carbocycles. The molecule has 0 aliphatic rings. The molecule has 100 valence electrons. The first-order valence-corrected chi connectivity index (χ1v) is 7.93. The van der Waals surface area contributed by atoms with Crippen LogP contribution >= 0.6 is 31.9 Å². The predicted octanol–water partition coefficient (Wildman–Crippen LogP) is 5.95. The highest BCUT2D eigenvalue weighted by molar-refractivity contribution is 9.13. The van der Waals surface area contributed by atoms with Crippen molar-refractivity contribution in [3.8, 4) is 0 Å². The molecular formula is C16H17Br2N. The Morgan fingerprint density at radius 3 is 2.42 bits per heavy atom. The second-order valence-corrected chi connectivity index (χ2v) is 6.55. The van der Waals surface area contributed by atoms with E-state index < -0.39 is 0 Å². The number of hydrogen-bond acceptors (Lipinski definition) is 1. The van der Waals surface area contributed by atoms with Crippen LogP contribution < -0.4 is 5.32 Å². The number of halogens is 2. The van der Waals surface area contributed by atoms with Gasteiger partial charge in [-0.05, 0) is 67.1 Å². The van der Waals surface area contributed by atoms with Crippen LogP contribution in [0.15, 0.2) is 51.4 Å². The second-order valence-electron chi connectivity index (χ2n) is 4.84. The van der Waals surface area contributed by atoms with Gasteiger partial charge in [0.15, 0.2) is 0 Å². The average molecular weight is 383 g/mol. The molecule has 0 fully saturated rings. The molecule has 0 aromatic heterocycles. The lowest BCUT2D eigenvalue weighted by Gasteiger charge is -2.14. The van der Waals surface area contributed by atoms with Gasteiger partial charge < -0.3 is 5.32 Å². The molecule has 2 rings (SSSR count). The molecule has 0 aliphatic carbocycles. The molecule has 3 heteroatoms. The van der Waals surface area contributed by atoms with Crippen LogP contribution in [0.3, 0.4) is 0 Å². The summed E-state index contributed by atoms with van der Waals surface area (Å²) in [4.78, 5) is 0. The molecule has 1 nitrogen and oxygen atoms in total. The van der Waals surface area contributed by atoms with E-state index in [9.17, 15) is 0 Å². The van der Waals surface area contributed by atoms with Gasteiger partial charge in [0.1, 0.15) is 0 Å². The highest BCUT2D eigenvalue weighted by Crippen LogP contribution is 2.26. The molecule has 0 bridgehead atoms. The van der Waals surface area contributed by atoms with Crippen LogP contribution in [-0.4, -0.2) is 0 Å². The molecule has 0 saturated heterocycles. The van der Waals surface area contributed by atoms with Crippen LogP contribution in [0.5, 0.6) is 0 Å². The Kier molecular flexibility index (Phi) is 5.06. The van der Waals surface area contributed by atoms with Crippen LogP contribution in [0, 0.1) is 0 Å². The van der Waals surface area contributed by atoms with Crippen molar-refractivity contribution in [2.45, 2.75) is 26.3 Å². The van der Waals surface area contributed by atoms with Crippen LogP contribution in [0.25, 0.3) is 0 Å². The maximum absolute atomic E-state index is 3.54. The monoisotopic (exact) mass is 381 g/mol. The fourth-order valence-corrected chi connectivity index (χ4v) is 2.68. The molecule has 1 N–H and O–H groups in total. The number of hydrogen-bond donors (Lipinski definition) is 1. The van der Waals surface area contributed by atoms with Crippen molar-refractivity contribution in [1.29, 1.82) is 0 Å². The Labute approximate surface area is 131 Å². The maximum atomic E-state index is 3.54. The summed E-state index contributed by atoms with van der Waals surface area (Å²) in [7, 11) is 0. The quantitative estimate of drug-likeness (QED) is 0.689. The molecule has 0 radical (unpaired) electrons. The summed E-state index contributed by atoms with van der Waals surface area (Å²) in [6.07, 6.45) is 0. The summed E-state index contributed by atoms with van der Waals surface area (Å²) in [6, 6.07) is 14.8. The minimum Gasteiger partial charge on any atom is -0.381 e. The molecule has 0 unspecified atom stereocenters. The van der Waals surface area contributed by atoms with Crippen molar-refractivity contribution in [3.05, 3.63) is 62.5 Å². The Bertz CT molecular complexity index is 564. The van der Waals surface area contributed by atoms with Crippen molar-refractivity contribution in [1.82, 2.24) is 0 Å². The third-order valence-electron chi connectivity index (χ3n) is 3.05. The third-order valence-corrected chi connectivity index (χ3v) is 4.93. The SMILES string of the molecule is CC(C)c1ccccc1NCc1ccc(Br)c(Br)c1. The van der Waals surface area contributed by atoms with Gasteiger partial charge in [-0.15, -0.1) is 0 Å². The summed E-state index contributed by atoms with van der Waals surface area (Å²) >= 11 is 7.02. The Balaban J connectivity index is 2.12. The van der Waals surface area contributed by atoms with E-state index in [1.807, 2.05) is 0 Å². The van der Waals surface area contributed by atoms with Gasteiger partial charge in [-0.1, -0.05) is 38.1 Å². The van der Waals surface area contributed by atoms with Gasteiger partial charge in [0.05, 0.1) is 0 Å². The van der Waals surface area contributed by atoms with E-state index in [1.54, 1.807) is 0 Å². The Morgan fingerprint density at radius 2 is 1.74 bits per heavy atom. The third kappa shape index (κ3) is 3.83. The van der Waals surface area contributed by atoms with Crippen LogP contribution in [0.4, 0.5) is 5.69 Å². The normalized spacial score (nSPS) is 10.8. The minimum absolute atomic E-state index is 0.528. The topological polar surface area (TPSA) is 12.0 Å². The van der Waals surface area contributed by atoms with Crippen molar-refractivity contribution in [2.75, 3.05) is 5.32 Å². The van der Waals surface area contributed by atoms with Crippen molar-refractivity contribution < 1.29 is 0 Å². The van der Waals surface area contributed by atoms with Crippen LogP contribution in [0.1, 0.15) is 30.9 Å². The fourth-order valence-electron chi connectivity index (χ4n) is 2.01. The molecular weight excluding hydrogens is 366 g/mol. The van der Waals surface area contributed by atoms with Crippen molar-refractivity contribution in [2.24, 2.45) is 0 Å². The molecule has 0 aliphatic heterocycles. The smallest absolute Gasteiger partial charge is 0.0401 e. The molecule has 0 atom stereocenters. The van der Waals surface area contributed by atoms with Gasteiger partial charge >= 0.3 is 0 Å². The van der Waals surface area contributed by atoms with Crippen molar-refractivity contribution in [3.63, 3.8) is 0 Å².